The normalized spacial score (nSPS) is 9.51. The Morgan fingerprint density at radius 3 is 1.74 bits per heavy atom. The lowest BCUT2D eigenvalue weighted by Gasteiger charge is -2.00. The van der Waals surface area contributed by atoms with Crippen molar-refractivity contribution in [1.29, 1.82) is 0 Å². The summed E-state index contributed by atoms with van der Waals surface area (Å²) < 4.78 is 0. The van der Waals surface area contributed by atoms with Crippen molar-refractivity contribution in [3.63, 3.8) is 0 Å². The van der Waals surface area contributed by atoms with E-state index in [-0.39, 0.29) is 5.91 Å². The van der Waals surface area contributed by atoms with Gasteiger partial charge in [-0.2, -0.15) is 0 Å². The minimum absolute atomic E-state index is 0.290. The number of hydrogen-bond donors (Lipinski definition) is 2. The van der Waals surface area contributed by atoms with Gasteiger partial charge in [-0.05, 0) is 60.9 Å². The van der Waals surface area contributed by atoms with Gasteiger partial charge in [0.15, 0.2) is 0 Å². The molecular weight excluding hydrogens is 527 g/mol. The fourth-order valence-corrected chi connectivity index (χ4v) is 4.27. The van der Waals surface area contributed by atoms with E-state index in [1.54, 1.807) is 43.6 Å². The topological polar surface area (TPSA) is 173 Å². The van der Waals surface area contributed by atoms with Crippen molar-refractivity contribution in [1.82, 2.24) is 25.4 Å². The molecule has 2 amide bonds. The van der Waals surface area contributed by atoms with Crippen LogP contribution < -0.4 is 11.3 Å². The van der Waals surface area contributed by atoms with Crippen LogP contribution >= 0.6 is 22.7 Å². The highest BCUT2D eigenvalue weighted by atomic mass is 32.1. The molecule has 0 spiro atoms. The number of nitrogens with zero attached hydrogens (tertiary/aromatic N) is 7. The number of amides is 2. The predicted molar refractivity (Wildman–Crippen MR) is 160 cm³/mol. The van der Waals surface area contributed by atoms with Crippen molar-refractivity contribution in [2.75, 3.05) is 0 Å². The number of thiophene rings is 2. The molecule has 0 saturated carbocycles. The van der Waals surface area contributed by atoms with Crippen LogP contribution in [-0.2, 0) is 0 Å². The minimum atomic E-state index is -0.593. The van der Waals surface area contributed by atoms with E-state index in [0.29, 0.717) is 21.4 Å². The molecule has 0 aromatic carbocycles. The van der Waals surface area contributed by atoms with Crippen LogP contribution in [0.1, 0.15) is 31.0 Å². The largest absolute Gasteiger partial charge is 0.289 e. The molecule has 4 heterocycles. The molecule has 184 valence electrons. The molecule has 19 heteroatoms. The summed E-state index contributed by atoms with van der Waals surface area (Å²) in [6, 6.07) is 10.5. The Morgan fingerprint density at radius 1 is 0.872 bits per heavy atom. The number of hydrazine groups is 1. The maximum Gasteiger partial charge on any atom is 0.275 e. The highest BCUT2D eigenvalue weighted by Crippen LogP contribution is 2.27. The molecule has 0 bridgehead atoms. The molecular formula is C20H17B6N9O2S2. The second-order valence-electron chi connectivity index (χ2n) is 7.43. The van der Waals surface area contributed by atoms with Crippen molar-refractivity contribution < 1.29 is 9.59 Å². The summed E-state index contributed by atoms with van der Waals surface area (Å²) in [5.41, 5.74) is 11.8. The van der Waals surface area contributed by atoms with Crippen molar-refractivity contribution >= 4 is 78.2 Å². The molecule has 0 aliphatic rings. The third-order valence-electron chi connectivity index (χ3n) is 4.41. The standard InChI is InChI=1S/C10H7N5OS.C10H10N4OS.B6/c1-6-12-5-4-7(13-6)8-2-3-9(17-8)10(16)14-15-11;1-6-12-5-4-7(13-6)8-2-3-9(16-8)10(15)14-11;1-5(2)6(3)4/h2-5H,1H3;2-5H,11H2,1H3,(H,14,15);. The maximum atomic E-state index is 11.3. The Morgan fingerprint density at radius 2 is 1.33 bits per heavy atom. The van der Waals surface area contributed by atoms with Gasteiger partial charge in [-0.15, -0.1) is 22.7 Å². The first kappa shape index (κ1) is 31.6. The Hall–Kier alpha value is -3.64. The summed E-state index contributed by atoms with van der Waals surface area (Å²) in [5.74, 6) is 5.56. The van der Waals surface area contributed by atoms with Gasteiger partial charge in [0.1, 0.15) is 11.6 Å². The monoisotopic (exact) mass is 545 g/mol. The van der Waals surface area contributed by atoms with Gasteiger partial charge in [0, 0.05) is 61.0 Å². The Kier molecular flexibility index (Phi) is 12.7. The number of carbonyl (C=O) groups is 2. The number of azide groups is 1. The summed E-state index contributed by atoms with van der Waals surface area (Å²) in [6.07, 6.45) is 2.17. The van der Waals surface area contributed by atoms with Gasteiger partial charge in [-0.1, -0.05) is 0 Å². The van der Waals surface area contributed by atoms with Crippen LogP contribution in [0.5, 0.6) is 0 Å². The third-order valence-corrected chi connectivity index (χ3v) is 6.62. The van der Waals surface area contributed by atoms with Gasteiger partial charge in [0.05, 0.1) is 30.9 Å². The molecule has 0 fully saturated rings. The SMILES string of the molecule is Cc1nccc(-c2ccc(C(=O)N=[N+]=[N-])s2)n1.Cc1nccc(-c2ccc(C(=O)NN)s2)n1.[B]B([B])B([B])[B]. The van der Waals surface area contributed by atoms with Gasteiger partial charge in [0.2, 0.25) is 0 Å². The molecule has 4 rings (SSSR count). The first-order chi connectivity index (χ1) is 18.5. The number of nitrogens with one attached hydrogen (secondary N) is 1. The van der Waals surface area contributed by atoms with Crippen molar-refractivity contribution in [2.24, 2.45) is 11.0 Å². The van der Waals surface area contributed by atoms with Crippen LogP contribution in [0.3, 0.4) is 0 Å². The maximum absolute atomic E-state index is 11.3. The van der Waals surface area contributed by atoms with Gasteiger partial charge in [-0.25, -0.2) is 25.8 Å². The van der Waals surface area contributed by atoms with Crippen LogP contribution in [-0.4, -0.2) is 75.5 Å². The van der Waals surface area contributed by atoms with Crippen LogP contribution in [0, 0.1) is 13.8 Å². The quantitative estimate of drug-likeness (QED) is 0.0733. The number of aryl methyl sites for hydroxylation is 2. The third kappa shape index (κ3) is 10.2. The lowest BCUT2D eigenvalue weighted by atomic mass is 8.81. The van der Waals surface area contributed by atoms with E-state index >= 15 is 0 Å². The number of rotatable bonds is 5. The highest BCUT2D eigenvalue weighted by molar-refractivity contribution is 7.76. The van der Waals surface area contributed by atoms with Crippen molar-refractivity contribution in [3.8, 4) is 21.1 Å². The van der Waals surface area contributed by atoms with E-state index in [0.717, 1.165) is 21.1 Å². The lowest BCUT2D eigenvalue weighted by molar-refractivity contribution is 0.0956. The summed E-state index contributed by atoms with van der Waals surface area (Å²) in [5, 5.41) is 3.04. The highest BCUT2D eigenvalue weighted by Gasteiger charge is 2.10. The number of hydrogen-bond acceptors (Lipinski definition) is 9. The molecule has 4 aromatic heterocycles. The van der Waals surface area contributed by atoms with E-state index in [1.807, 2.05) is 19.1 Å². The molecule has 4 aromatic rings. The van der Waals surface area contributed by atoms with Gasteiger partial charge in [0.25, 0.3) is 11.8 Å². The van der Waals surface area contributed by atoms with Crippen molar-refractivity contribution in [3.05, 3.63) is 80.6 Å². The predicted octanol–water partition coefficient (Wildman–Crippen LogP) is 1.80. The molecule has 39 heavy (non-hydrogen) atoms. The summed E-state index contributed by atoms with van der Waals surface area (Å²) >= 11 is 2.58. The molecule has 0 atom stereocenters. The molecule has 0 unspecified atom stereocenters. The molecule has 0 aliphatic heterocycles. The summed E-state index contributed by atoms with van der Waals surface area (Å²) in [6.45, 7) is 3.62. The summed E-state index contributed by atoms with van der Waals surface area (Å²) in [7, 11) is 19.9. The number of nitrogen functional groups attached to an aromatic ring is 1. The minimum Gasteiger partial charge on any atom is -0.289 e. The number of nitrogens with two attached hydrogens (primary N) is 1. The van der Waals surface area contributed by atoms with E-state index in [1.165, 1.54) is 22.7 Å². The van der Waals surface area contributed by atoms with Crippen LogP contribution in [0.15, 0.2) is 53.9 Å². The fraction of sp³-hybridized carbons (Fsp3) is 0.100. The van der Waals surface area contributed by atoms with Crippen molar-refractivity contribution in [2.45, 2.75) is 13.8 Å². The Labute approximate surface area is 239 Å². The first-order valence-corrected chi connectivity index (χ1v) is 12.6. The Bertz CT molecular complexity index is 1450. The van der Waals surface area contributed by atoms with E-state index in [2.05, 4.69) is 35.4 Å². The number of carbonyl (C=O) groups excluding carboxylic acids is 2. The average molecular weight is 544 g/mol. The van der Waals surface area contributed by atoms with Gasteiger partial charge < -0.3 is 0 Å². The van der Waals surface area contributed by atoms with E-state index < -0.39 is 18.7 Å². The Balaban J connectivity index is 0.000000228. The number of aromatic nitrogens is 4. The second kappa shape index (κ2) is 15.7. The van der Waals surface area contributed by atoms with Crippen LogP contribution in [0.4, 0.5) is 0 Å². The second-order valence-corrected chi connectivity index (χ2v) is 9.60. The van der Waals surface area contributed by atoms with Gasteiger partial charge >= 0.3 is 0 Å². The van der Waals surface area contributed by atoms with E-state index in [4.69, 9.17) is 42.3 Å². The zero-order valence-corrected chi connectivity index (χ0v) is 22.6. The lowest BCUT2D eigenvalue weighted by Crippen LogP contribution is -2.38. The van der Waals surface area contributed by atoms with E-state index in [9.17, 15) is 9.59 Å². The van der Waals surface area contributed by atoms with Gasteiger partial charge in [-0.3, -0.25) is 15.0 Å². The first-order valence-electron chi connectivity index (χ1n) is 11.0. The van der Waals surface area contributed by atoms with Crippen LogP contribution in [0.25, 0.3) is 31.6 Å². The average Bonchev–Trinajstić information content (AvgIpc) is 3.60. The molecule has 8 radical (unpaired) electrons. The van der Waals surface area contributed by atoms with Crippen LogP contribution in [0.2, 0.25) is 0 Å². The summed E-state index contributed by atoms with van der Waals surface area (Å²) in [4.78, 5) is 44.3. The zero-order chi connectivity index (χ0) is 28.9. The fourth-order valence-electron chi connectivity index (χ4n) is 2.54. The molecule has 0 saturated heterocycles. The zero-order valence-electron chi connectivity index (χ0n) is 20.9. The molecule has 0 aliphatic carbocycles. The smallest absolute Gasteiger partial charge is 0.275 e. The molecule has 11 nitrogen and oxygen atoms in total. The molecule has 3 N–H and O–H groups in total.